The summed E-state index contributed by atoms with van der Waals surface area (Å²) in [7, 11) is 0. The molecule has 0 bridgehead atoms. The van der Waals surface area contributed by atoms with Crippen LogP contribution in [0.15, 0.2) is 18.2 Å². The lowest BCUT2D eigenvalue weighted by atomic mass is 9.95. The number of hydrogen-bond acceptors (Lipinski definition) is 3. The number of nitrogens with zero attached hydrogens (tertiary/aromatic N) is 1. The predicted molar refractivity (Wildman–Crippen MR) is 85.2 cm³/mol. The SMILES string of the molecule is CCCNCc1ccc(N2CCC(C)C(O)C2)c(C)c1. The summed E-state index contributed by atoms with van der Waals surface area (Å²) in [6.07, 6.45) is 2.04. The molecule has 3 nitrogen and oxygen atoms in total. The van der Waals surface area contributed by atoms with Crippen LogP contribution in [-0.4, -0.2) is 30.8 Å². The van der Waals surface area contributed by atoms with Crippen LogP contribution in [0.5, 0.6) is 0 Å². The quantitative estimate of drug-likeness (QED) is 0.812. The molecule has 1 heterocycles. The van der Waals surface area contributed by atoms with Crippen molar-refractivity contribution in [2.45, 2.75) is 46.3 Å². The summed E-state index contributed by atoms with van der Waals surface area (Å²) in [5, 5.41) is 13.5. The van der Waals surface area contributed by atoms with Gasteiger partial charge in [-0.25, -0.2) is 0 Å². The van der Waals surface area contributed by atoms with Crippen molar-refractivity contribution in [2.24, 2.45) is 5.92 Å². The van der Waals surface area contributed by atoms with Crippen LogP contribution in [0.25, 0.3) is 0 Å². The molecule has 2 atom stereocenters. The number of β-amino-alcohol motifs (C(OH)–C–C–N with tert-alkyl or cyclic N) is 1. The van der Waals surface area contributed by atoms with E-state index in [0.29, 0.717) is 5.92 Å². The monoisotopic (exact) mass is 276 g/mol. The predicted octanol–water partition coefficient (Wildman–Crippen LogP) is 2.70. The van der Waals surface area contributed by atoms with E-state index < -0.39 is 0 Å². The number of hydrogen-bond donors (Lipinski definition) is 2. The summed E-state index contributed by atoms with van der Waals surface area (Å²) in [5.41, 5.74) is 3.92. The van der Waals surface area contributed by atoms with Crippen LogP contribution in [0.2, 0.25) is 0 Å². The highest BCUT2D eigenvalue weighted by atomic mass is 16.3. The molecular weight excluding hydrogens is 248 g/mol. The summed E-state index contributed by atoms with van der Waals surface area (Å²) in [5.74, 6) is 0.420. The van der Waals surface area contributed by atoms with Crippen LogP contribution >= 0.6 is 0 Å². The molecule has 1 aliphatic rings. The molecule has 0 spiro atoms. The van der Waals surface area contributed by atoms with Gasteiger partial charge in [0.05, 0.1) is 6.10 Å². The number of aryl methyl sites for hydroxylation is 1. The number of piperidine rings is 1. The highest BCUT2D eigenvalue weighted by Crippen LogP contribution is 2.26. The number of anilines is 1. The van der Waals surface area contributed by atoms with Gasteiger partial charge in [0.2, 0.25) is 0 Å². The zero-order valence-corrected chi connectivity index (χ0v) is 13.0. The smallest absolute Gasteiger partial charge is 0.0741 e. The molecule has 2 unspecified atom stereocenters. The Labute approximate surface area is 123 Å². The van der Waals surface area contributed by atoms with Gasteiger partial charge >= 0.3 is 0 Å². The standard InChI is InChI=1S/C17H28N2O/c1-4-8-18-11-15-5-6-16(14(3)10-15)19-9-7-13(2)17(20)12-19/h5-6,10,13,17-18,20H,4,7-9,11-12H2,1-3H3. The van der Waals surface area contributed by atoms with Gasteiger partial charge in [-0.1, -0.05) is 26.0 Å². The van der Waals surface area contributed by atoms with Crippen molar-refractivity contribution in [1.82, 2.24) is 5.32 Å². The third-order valence-corrected chi connectivity index (χ3v) is 4.28. The molecule has 0 aromatic heterocycles. The van der Waals surface area contributed by atoms with Gasteiger partial charge in [-0.05, 0) is 49.4 Å². The van der Waals surface area contributed by atoms with Crippen molar-refractivity contribution in [3.63, 3.8) is 0 Å². The maximum atomic E-state index is 10.0. The number of benzene rings is 1. The minimum absolute atomic E-state index is 0.200. The van der Waals surface area contributed by atoms with Gasteiger partial charge < -0.3 is 15.3 Å². The number of nitrogens with one attached hydrogen (secondary N) is 1. The third kappa shape index (κ3) is 3.74. The molecule has 3 heteroatoms. The minimum Gasteiger partial charge on any atom is -0.391 e. The first-order chi connectivity index (χ1) is 9.61. The lowest BCUT2D eigenvalue weighted by Crippen LogP contribution is -2.43. The molecule has 1 saturated heterocycles. The molecule has 1 fully saturated rings. The zero-order valence-electron chi connectivity index (χ0n) is 13.0. The van der Waals surface area contributed by atoms with Crippen LogP contribution in [0.4, 0.5) is 5.69 Å². The molecule has 2 N–H and O–H groups in total. The van der Waals surface area contributed by atoms with E-state index in [0.717, 1.165) is 32.6 Å². The van der Waals surface area contributed by atoms with E-state index in [9.17, 15) is 5.11 Å². The van der Waals surface area contributed by atoms with E-state index in [1.807, 2.05) is 0 Å². The van der Waals surface area contributed by atoms with Gasteiger partial charge in [0, 0.05) is 25.3 Å². The largest absolute Gasteiger partial charge is 0.391 e. The Bertz CT molecular complexity index is 433. The normalized spacial score (nSPS) is 23.1. The van der Waals surface area contributed by atoms with Crippen LogP contribution < -0.4 is 10.2 Å². The molecule has 0 saturated carbocycles. The van der Waals surface area contributed by atoms with Gasteiger partial charge in [-0.2, -0.15) is 0 Å². The average molecular weight is 276 g/mol. The average Bonchev–Trinajstić information content (AvgIpc) is 2.43. The number of aliphatic hydroxyl groups is 1. The van der Waals surface area contributed by atoms with Gasteiger partial charge in [0.1, 0.15) is 0 Å². The molecule has 2 rings (SSSR count). The van der Waals surface area contributed by atoms with Crippen molar-refractivity contribution >= 4 is 5.69 Å². The van der Waals surface area contributed by atoms with Crippen molar-refractivity contribution in [3.05, 3.63) is 29.3 Å². The Morgan fingerprint density at radius 1 is 1.40 bits per heavy atom. The fourth-order valence-electron chi connectivity index (χ4n) is 2.86. The first-order valence-electron chi connectivity index (χ1n) is 7.85. The Morgan fingerprint density at radius 3 is 2.85 bits per heavy atom. The lowest BCUT2D eigenvalue weighted by Gasteiger charge is -2.36. The minimum atomic E-state index is -0.200. The Morgan fingerprint density at radius 2 is 2.20 bits per heavy atom. The number of aliphatic hydroxyl groups excluding tert-OH is 1. The lowest BCUT2D eigenvalue weighted by molar-refractivity contribution is 0.103. The summed E-state index contributed by atoms with van der Waals surface area (Å²) in [6.45, 7) is 10.3. The Balaban J connectivity index is 2.02. The topological polar surface area (TPSA) is 35.5 Å². The molecule has 1 aliphatic heterocycles. The van der Waals surface area contributed by atoms with E-state index in [1.54, 1.807) is 0 Å². The highest BCUT2D eigenvalue weighted by molar-refractivity contribution is 5.55. The summed E-state index contributed by atoms with van der Waals surface area (Å²) in [4.78, 5) is 2.32. The second-order valence-electron chi connectivity index (χ2n) is 6.08. The van der Waals surface area contributed by atoms with E-state index in [2.05, 4.69) is 49.2 Å². The molecule has 0 radical (unpaired) electrons. The van der Waals surface area contributed by atoms with E-state index in [4.69, 9.17) is 0 Å². The maximum Gasteiger partial charge on any atom is 0.0741 e. The van der Waals surface area contributed by atoms with Crippen molar-refractivity contribution in [2.75, 3.05) is 24.5 Å². The number of rotatable bonds is 5. The maximum absolute atomic E-state index is 10.0. The van der Waals surface area contributed by atoms with Crippen LogP contribution in [0.3, 0.4) is 0 Å². The van der Waals surface area contributed by atoms with E-state index >= 15 is 0 Å². The zero-order chi connectivity index (χ0) is 14.5. The molecular formula is C17H28N2O. The fourth-order valence-corrected chi connectivity index (χ4v) is 2.86. The van der Waals surface area contributed by atoms with Gasteiger partial charge in [-0.3, -0.25) is 0 Å². The molecule has 0 amide bonds. The Kier molecular flexibility index (Phi) is 5.44. The molecule has 1 aromatic carbocycles. The second-order valence-corrected chi connectivity index (χ2v) is 6.08. The van der Waals surface area contributed by atoms with Crippen LogP contribution in [-0.2, 0) is 6.54 Å². The summed E-state index contributed by atoms with van der Waals surface area (Å²) < 4.78 is 0. The van der Waals surface area contributed by atoms with Gasteiger partial charge in [0.25, 0.3) is 0 Å². The molecule has 1 aromatic rings. The van der Waals surface area contributed by atoms with Crippen LogP contribution in [0, 0.1) is 12.8 Å². The first-order valence-corrected chi connectivity index (χ1v) is 7.85. The third-order valence-electron chi connectivity index (χ3n) is 4.28. The van der Waals surface area contributed by atoms with Gasteiger partial charge in [0.15, 0.2) is 0 Å². The first kappa shape index (κ1) is 15.3. The second kappa shape index (κ2) is 7.09. The summed E-state index contributed by atoms with van der Waals surface area (Å²) >= 11 is 0. The highest BCUT2D eigenvalue weighted by Gasteiger charge is 2.24. The van der Waals surface area contributed by atoms with Crippen molar-refractivity contribution < 1.29 is 5.11 Å². The Hall–Kier alpha value is -1.06. The van der Waals surface area contributed by atoms with Crippen molar-refractivity contribution in [3.8, 4) is 0 Å². The van der Waals surface area contributed by atoms with E-state index in [-0.39, 0.29) is 6.10 Å². The summed E-state index contributed by atoms with van der Waals surface area (Å²) in [6, 6.07) is 6.68. The molecule has 20 heavy (non-hydrogen) atoms. The molecule has 0 aliphatic carbocycles. The van der Waals surface area contributed by atoms with Crippen molar-refractivity contribution in [1.29, 1.82) is 0 Å². The van der Waals surface area contributed by atoms with E-state index in [1.165, 1.54) is 23.2 Å². The molecule has 112 valence electrons. The van der Waals surface area contributed by atoms with Gasteiger partial charge in [-0.15, -0.1) is 0 Å². The fraction of sp³-hybridized carbons (Fsp3) is 0.647. The van der Waals surface area contributed by atoms with Crippen LogP contribution in [0.1, 0.15) is 37.8 Å².